The smallest absolute Gasteiger partial charge is 0.305 e. The second-order valence-electron chi connectivity index (χ2n) is 11.1. The molecule has 4 saturated carbocycles. The average Bonchev–Trinajstić information content (AvgIpc) is 3.07. The van der Waals surface area contributed by atoms with Crippen molar-refractivity contribution in [1.29, 1.82) is 0 Å². The molecule has 0 aromatic rings. The van der Waals surface area contributed by atoms with Crippen molar-refractivity contribution in [3.63, 3.8) is 0 Å². The third-order valence-corrected chi connectivity index (χ3v) is 10.0. The number of ether oxygens (including phenoxy) is 1. The van der Waals surface area contributed by atoms with E-state index in [1.807, 2.05) is 20.8 Å². The molecule has 0 aliphatic heterocycles. The molecule has 174 valence electrons. The van der Waals surface area contributed by atoms with E-state index in [0.29, 0.717) is 35.7 Å². The second kappa shape index (κ2) is 9.92. The van der Waals surface area contributed by atoms with Gasteiger partial charge in [0, 0.05) is 6.42 Å². The summed E-state index contributed by atoms with van der Waals surface area (Å²) in [5.41, 5.74) is 0.847. The monoisotopic (exact) mass is 420 g/mol. The predicted molar refractivity (Wildman–Crippen MR) is 123 cm³/mol. The van der Waals surface area contributed by atoms with E-state index >= 15 is 0 Å². The van der Waals surface area contributed by atoms with Gasteiger partial charge in [-0.3, -0.25) is 4.79 Å². The Morgan fingerprint density at radius 1 is 1.00 bits per heavy atom. The van der Waals surface area contributed by atoms with Crippen molar-refractivity contribution < 1.29 is 14.6 Å². The number of hydrogen-bond acceptors (Lipinski definition) is 3. The number of aliphatic hydroxyl groups excluding tert-OH is 1. The summed E-state index contributed by atoms with van der Waals surface area (Å²) in [7, 11) is 0. The molecule has 0 aromatic heterocycles. The van der Waals surface area contributed by atoms with Crippen LogP contribution in [0.15, 0.2) is 0 Å². The number of aliphatic hydroxyl groups is 1. The molecule has 0 aromatic carbocycles. The first-order valence-electron chi connectivity index (χ1n) is 13.2. The van der Waals surface area contributed by atoms with Crippen molar-refractivity contribution in [3.8, 4) is 0 Å². The average molecular weight is 421 g/mol. The number of carbonyl (C=O) groups excluding carboxylic acids is 1. The van der Waals surface area contributed by atoms with Gasteiger partial charge in [-0.2, -0.15) is 0 Å². The maximum Gasteiger partial charge on any atom is 0.305 e. The molecule has 8 atom stereocenters. The standard InChI is InChI=1S/C25H42O3.C2H6/c1-4-28-22(27)10-7-9-17-11-12-19-23-20(13-15-25(17,19)3)24(2)14-6-5-8-18(24)16-21(23)26;1-2/h17-21,23,26H,4-16H2,1-3H3;1-2H3/t17-,18-,19?,20?,21+,23-,24-,25+;/m0./s1. The van der Waals surface area contributed by atoms with Crippen molar-refractivity contribution in [2.45, 2.75) is 118 Å². The van der Waals surface area contributed by atoms with Crippen LogP contribution in [-0.2, 0) is 9.53 Å². The van der Waals surface area contributed by atoms with Crippen LogP contribution in [0.25, 0.3) is 0 Å². The van der Waals surface area contributed by atoms with Crippen molar-refractivity contribution in [2.75, 3.05) is 6.61 Å². The fourth-order valence-electron chi connectivity index (χ4n) is 8.56. The minimum atomic E-state index is -0.0796. The second-order valence-corrected chi connectivity index (χ2v) is 11.1. The minimum Gasteiger partial charge on any atom is -0.466 e. The van der Waals surface area contributed by atoms with Gasteiger partial charge in [-0.05, 0) is 105 Å². The first-order chi connectivity index (χ1) is 14.4. The zero-order valence-corrected chi connectivity index (χ0v) is 20.4. The van der Waals surface area contributed by atoms with E-state index in [1.165, 1.54) is 51.4 Å². The maximum absolute atomic E-state index is 11.7. The van der Waals surface area contributed by atoms with Crippen LogP contribution in [0.3, 0.4) is 0 Å². The number of esters is 1. The normalized spacial score (nSPS) is 44.7. The van der Waals surface area contributed by atoms with Gasteiger partial charge in [0.2, 0.25) is 0 Å². The van der Waals surface area contributed by atoms with E-state index in [1.54, 1.807) is 0 Å². The lowest BCUT2D eigenvalue weighted by atomic mass is 9.44. The first kappa shape index (κ1) is 24.1. The fourth-order valence-corrected chi connectivity index (χ4v) is 8.56. The molecule has 4 aliphatic rings. The lowest BCUT2D eigenvalue weighted by Crippen LogP contribution is -2.57. The van der Waals surface area contributed by atoms with Crippen molar-refractivity contribution in [3.05, 3.63) is 0 Å². The lowest BCUT2D eigenvalue weighted by Gasteiger charge is -2.62. The summed E-state index contributed by atoms with van der Waals surface area (Å²) < 4.78 is 5.11. The third kappa shape index (κ3) is 4.21. The van der Waals surface area contributed by atoms with Crippen LogP contribution in [0, 0.1) is 40.4 Å². The SMILES string of the molecule is CC.CCOC(=O)CCC[C@H]1CCC2[C@H]3C(CC[C@@]21C)[C@@]1(C)CCCC[C@H]1C[C@H]3O. The number of rotatable bonds is 5. The quantitative estimate of drug-likeness (QED) is 0.499. The molecule has 1 N–H and O–H groups in total. The van der Waals surface area contributed by atoms with Gasteiger partial charge in [-0.15, -0.1) is 0 Å². The highest BCUT2D eigenvalue weighted by Crippen LogP contribution is 2.67. The summed E-state index contributed by atoms with van der Waals surface area (Å²) in [6.07, 6.45) is 14.4. The third-order valence-electron chi connectivity index (χ3n) is 10.0. The molecule has 0 spiro atoms. The molecular formula is C27H48O3. The Kier molecular flexibility index (Phi) is 7.96. The van der Waals surface area contributed by atoms with Gasteiger partial charge >= 0.3 is 5.97 Å². The summed E-state index contributed by atoms with van der Waals surface area (Å²) in [5.74, 6) is 3.38. The molecule has 3 nitrogen and oxygen atoms in total. The van der Waals surface area contributed by atoms with Crippen molar-refractivity contribution >= 4 is 5.97 Å². The molecule has 3 heteroatoms. The van der Waals surface area contributed by atoms with Crippen LogP contribution in [0.1, 0.15) is 112 Å². The first-order valence-corrected chi connectivity index (χ1v) is 13.2. The molecule has 0 bridgehead atoms. The van der Waals surface area contributed by atoms with Crippen LogP contribution < -0.4 is 0 Å². The molecule has 0 amide bonds. The van der Waals surface area contributed by atoms with Crippen molar-refractivity contribution in [2.24, 2.45) is 40.4 Å². The molecule has 0 heterocycles. The molecule has 4 fully saturated rings. The molecule has 4 rings (SSSR count). The minimum absolute atomic E-state index is 0.0372. The molecule has 2 unspecified atom stereocenters. The van der Waals surface area contributed by atoms with Crippen LogP contribution in [0.4, 0.5) is 0 Å². The fraction of sp³-hybridized carbons (Fsp3) is 0.963. The van der Waals surface area contributed by atoms with E-state index < -0.39 is 0 Å². The van der Waals surface area contributed by atoms with Crippen LogP contribution in [0.5, 0.6) is 0 Å². The van der Waals surface area contributed by atoms with Crippen LogP contribution in [-0.4, -0.2) is 23.8 Å². The Balaban J connectivity index is 0.00000124. The van der Waals surface area contributed by atoms with Crippen LogP contribution >= 0.6 is 0 Å². The van der Waals surface area contributed by atoms with Gasteiger partial charge < -0.3 is 9.84 Å². The molecular weight excluding hydrogens is 372 g/mol. The van der Waals surface area contributed by atoms with E-state index in [0.717, 1.165) is 37.0 Å². The Morgan fingerprint density at radius 2 is 1.73 bits per heavy atom. The molecule has 30 heavy (non-hydrogen) atoms. The zero-order valence-electron chi connectivity index (χ0n) is 20.4. The number of hydrogen-bond donors (Lipinski definition) is 1. The lowest BCUT2D eigenvalue weighted by molar-refractivity contribution is -0.162. The highest BCUT2D eigenvalue weighted by Gasteiger charge is 2.61. The Bertz CT molecular complexity index is 574. The van der Waals surface area contributed by atoms with E-state index in [2.05, 4.69) is 13.8 Å². The summed E-state index contributed by atoms with van der Waals surface area (Å²) in [4.78, 5) is 11.7. The largest absolute Gasteiger partial charge is 0.466 e. The summed E-state index contributed by atoms with van der Waals surface area (Å²) in [5, 5.41) is 11.3. The van der Waals surface area contributed by atoms with Crippen molar-refractivity contribution in [1.82, 2.24) is 0 Å². The van der Waals surface area contributed by atoms with Gasteiger partial charge in [0.25, 0.3) is 0 Å². The van der Waals surface area contributed by atoms with Crippen LogP contribution in [0.2, 0.25) is 0 Å². The van der Waals surface area contributed by atoms with Gasteiger partial charge in [0.15, 0.2) is 0 Å². The Hall–Kier alpha value is -0.570. The van der Waals surface area contributed by atoms with E-state index in [9.17, 15) is 9.90 Å². The Labute approximate surface area is 185 Å². The highest BCUT2D eigenvalue weighted by molar-refractivity contribution is 5.69. The highest BCUT2D eigenvalue weighted by atomic mass is 16.5. The van der Waals surface area contributed by atoms with E-state index in [4.69, 9.17) is 4.74 Å². The Morgan fingerprint density at radius 3 is 2.47 bits per heavy atom. The van der Waals surface area contributed by atoms with Gasteiger partial charge in [-0.1, -0.05) is 40.5 Å². The summed E-state index contributed by atoms with van der Waals surface area (Å²) >= 11 is 0. The molecule has 0 saturated heterocycles. The molecule has 0 radical (unpaired) electrons. The maximum atomic E-state index is 11.7. The topological polar surface area (TPSA) is 46.5 Å². The predicted octanol–water partition coefficient (Wildman–Crippen LogP) is 6.77. The van der Waals surface area contributed by atoms with Gasteiger partial charge in [0.05, 0.1) is 12.7 Å². The summed E-state index contributed by atoms with van der Waals surface area (Å²) in [6, 6.07) is 0. The van der Waals surface area contributed by atoms with Gasteiger partial charge in [0.1, 0.15) is 0 Å². The zero-order chi connectivity index (χ0) is 21.9. The summed E-state index contributed by atoms with van der Waals surface area (Å²) in [6.45, 7) is 11.5. The van der Waals surface area contributed by atoms with Gasteiger partial charge in [-0.25, -0.2) is 0 Å². The van der Waals surface area contributed by atoms with E-state index in [-0.39, 0.29) is 12.1 Å². The molecule has 4 aliphatic carbocycles. The number of fused-ring (bicyclic) bond motifs is 5. The number of carbonyl (C=O) groups is 1.